The lowest BCUT2D eigenvalue weighted by atomic mass is 9.71. The summed E-state index contributed by atoms with van der Waals surface area (Å²) in [4.78, 5) is 13.9. The third-order valence-corrected chi connectivity index (χ3v) is 6.44. The van der Waals surface area contributed by atoms with Crippen LogP contribution in [0.25, 0.3) is 16.7 Å². The second-order valence-corrected chi connectivity index (χ2v) is 11.6. The second kappa shape index (κ2) is 10.8. The summed E-state index contributed by atoms with van der Waals surface area (Å²) >= 11 is 0. The Labute approximate surface area is 219 Å². The number of ether oxygens (including phenoxy) is 1. The van der Waals surface area contributed by atoms with Gasteiger partial charge in [-0.1, -0.05) is 83.1 Å². The Morgan fingerprint density at radius 2 is 1.51 bits per heavy atom. The summed E-state index contributed by atoms with van der Waals surface area (Å²) < 4.78 is 5.44. The highest BCUT2D eigenvalue weighted by Gasteiger charge is 2.31. The molecule has 0 aliphatic carbocycles. The van der Waals surface area contributed by atoms with Crippen molar-refractivity contribution in [2.75, 3.05) is 0 Å². The SMILES string of the molecule is CC(C)(C)CC(C)(C)c1cc(CCCC(=O)OCc2ccccc2)cc(-n2nc3ccccc3n2)c1O. The quantitative estimate of drug-likeness (QED) is 0.253. The summed E-state index contributed by atoms with van der Waals surface area (Å²) in [6, 6.07) is 21.4. The van der Waals surface area contributed by atoms with Gasteiger partial charge in [0, 0.05) is 12.0 Å². The van der Waals surface area contributed by atoms with Crippen molar-refractivity contribution in [2.45, 2.75) is 72.3 Å². The number of aryl methyl sites for hydroxylation is 1. The van der Waals surface area contributed by atoms with E-state index in [1.54, 1.807) is 0 Å². The van der Waals surface area contributed by atoms with Gasteiger partial charge >= 0.3 is 5.97 Å². The number of aromatic hydroxyl groups is 1. The minimum absolute atomic E-state index is 0.0766. The van der Waals surface area contributed by atoms with Crippen molar-refractivity contribution < 1.29 is 14.6 Å². The van der Waals surface area contributed by atoms with Crippen LogP contribution in [-0.2, 0) is 28.0 Å². The molecule has 0 bridgehead atoms. The first-order valence-electron chi connectivity index (χ1n) is 12.9. The molecule has 4 rings (SSSR count). The van der Waals surface area contributed by atoms with Crippen LogP contribution < -0.4 is 0 Å². The molecule has 0 radical (unpaired) electrons. The summed E-state index contributed by atoms with van der Waals surface area (Å²) in [5.74, 6) is -0.0169. The molecule has 1 heterocycles. The van der Waals surface area contributed by atoms with Gasteiger partial charge in [-0.3, -0.25) is 4.79 Å². The van der Waals surface area contributed by atoms with Crippen LogP contribution in [0, 0.1) is 5.41 Å². The molecule has 0 spiro atoms. The second-order valence-electron chi connectivity index (χ2n) is 11.6. The van der Waals surface area contributed by atoms with Crippen molar-refractivity contribution in [1.82, 2.24) is 15.0 Å². The van der Waals surface area contributed by atoms with Crippen LogP contribution in [0.1, 0.15) is 70.6 Å². The Hall–Kier alpha value is -3.67. The molecule has 1 aromatic heterocycles. The highest BCUT2D eigenvalue weighted by Crippen LogP contribution is 2.42. The van der Waals surface area contributed by atoms with E-state index in [0.717, 1.165) is 34.1 Å². The van der Waals surface area contributed by atoms with E-state index in [2.05, 4.69) is 50.9 Å². The van der Waals surface area contributed by atoms with E-state index in [0.29, 0.717) is 24.9 Å². The fraction of sp³-hybridized carbons (Fsp3) is 0.387. The zero-order valence-corrected chi connectivity index (χ0v) is 22.5. The van der Waals surface area contributed by atoms with E-state index in [9.17, 15) is 9.90 Å². The van der Waals surface area contributed by atoms with Gasteiger partial charge in [-0.25, -0.2) is 0 Å². The maximum absolute atomic E-state index is 12.3. The predicted octanol–water partition coefficient (Wildman–Crippen LogP) is 6.91. The Bertz CT molecular complexity index is 1330. The Morgan fingerprint density at radius 3 is 2.14 bits per heavy atom. The molecule has 0 aliphatic heterocycles. The lowest BCUT2D eigenvalue weighted by Gasteiger charge is -2.34. The van der Waals surface area contributed by atoms with Gasteiger partial charge < -0.3 is 9.84 Å². The van der Waals surface area contributed by atoms with Gasteiger partial charge in [0.25, 0.3) is 0 Å². The van der Waals surface area contributed by atoms with Gasteiger partial charge in [-0.05, 0) is 59.4 Å². The van der Waals surface area contributed by atoms with Crippen molar-refractivity contribution in [3.05, 3.63) is 83.4 Å². The summed E-state index contributed by atoms with van der Waals surface area (Å²) in [5.41, 5.74) is 4.75. The van der Waals surface area contributed by atoms with Crippen LogP contribution in [0.5, 0.6) is 5.75 Å². The van der Waals surface area contributed by atoms with Crippen molar-refractivity contribution >= 4 is 17.0 Å². The molecule has 0 amide bonds. The first-order chi connectivity index (χ1) is 17.5. The standard InChI is InChI=1S/C31H37N3O3/c1-30(2,3)21-31(4,5)24-18-23(14-11-17-28(35)37-20-22-12-7-6-8-13-22)19-27(29(24)36)34-32-25-15-9-10-16-26(25)33-34/h6-10,12-13,15-16,18-19,36H,11,14,17,20-21H2,1-5H3. The Balaban J connectivity index is 1.57. The number of aromatic nitrogens is 3. The molecule has 0 atom stereocenters. The molecular formula is C31H37N3O3. The number of carbonyl (C=O) groups is 1. The number of phenols is 1. The largest absolute Gasteiger partial charge is 0.505 e. The number of hydrogen-bond donors (Lipinski definition) is 1. The first kappa shape index (κ1) is 26.4. The Kier molecular flexibility index (Phi) is 7.67. The number of rotatable bonds is 9. The lowest BCUT2D eigenvalue weighted by molar-refractivity contribution is -0.145. The molecule has 3 aromatic carbocycles. The summed E-state index contributed by atoms with van der Waals surface area (Å²) in [5, 5.41) is 20.7. The summed E-state index contributed by atoms with van der Waals surface area (Å²) in [7, 11) is 0. The first-order valence-corrected chi connectivity index (χ1v) is 12.9. The molecule has 1 N–H and O–H groups in total. The van der Waals surface area contributed by atoms with Crippen LogP contribution in [0.2, 0.25) is 0 Å². The minimum Gasteiger partial charge on any atom is -0.505 e. The average Bonchev–Trinajstić information content (AvgIpc) is 3.27. The maximum atomic E-state index is 12.3. The summed E-state index contributed by atoms with van der Waals surface area (Å²) in [6.45, 7) is 11.2. The molecule has 194 valence electrons. The van der Waals surface area contributed by atoms with Crippen molar-refractivity contribution in [3.8, 4) is 11.4 Å². The van der Waals surface area contributed by atoms with E-state index in [1.807, 2.05) is 60.7 Å². The molecule has 0 saturated heterocycles. The van der Waals surface area contributed by atoms with Gasteiger partial charge in [0.2, 0.25) is 0 Å². The predicted molar refractivity (Wildman–Crippen MR) is 147 cm³/mol. The van der Waals surface area contributed by atoms with Crippen LogP contribution in [0.3, 0.4) is 0 Å². The number of fused-ring (bicyclic) bond motifs is 1. The van der Waals surface area contributed by atoms with Crippen LogP contribution in [0.4, 0.5) is 0 Å². The number of esters is 1. The normalized spacial score (nSPS) is 12.1. The monoisotopic (exact) mass is 499 g/mol. The van der Waals surface area contributed by atoms with Gasteiger partial charge in [0.15, 0.2) is 0 Å². The van der Waals surface area contributed by atoms with Crippen molar-refractivity contribution in [1.29, 1.82) is 0 Å². The third-order valence-electron chi connectivity index (χ3n) is 6.44. The van der Waals surface area contributed by atoms with E-state index < -0.39 is 0 Å². The van der Waals surface area contributed by atoms with Gasteiger partial charge in [-0.15, -0.1) is 15.0 Å². The van der Waals surface area contributed by atoms with Crippen LogP contribution in [-0.4, -0.2) is 26.1 Å². The molecule has 6 nitrogen and oxygen atoms in total. The molecule has 0 fully saturated rings. The summed E-state index contributed by atoms with van der Waals surface area (Å²) in [6.07, 6.45) is 2.53. The zero-order chi connectivity index (χ0) is 26.6. The van der Waals surface area contributed by atoms with E-state index in [4.69, 9.17) is 4.74 Å². The molecular weight excluding hydrogens is 462 g/mol. The topological polar surface area (TPSA) is 77.2 Å². The number of carbonyl (C=O) groups excluding carboxylic acids is 1. The highest BCUT2D eigenvalue weighted by atomic mass is 16.5. The number of hydrogen-bond acceptors (Lipinski definition) is 5. The smallest absolute Gasteiger partial charge is 0.306 e. The maximum Gasteiger partial charge on any atom is 0.306 e. The fourth-order valence-corrected chi connectivity index (χ4v) is 5.13. The van der Waals surface area contributed by atoms with Gasteiger partial charge in [0.05, 0.1) is 0 Å². The van der Waals surface area contributed by atoms with Gasteiger partial charge in [0.1, 0.15) is 29.1 Å². The average molecular weight is 500 g/mol. The van der Waals surface area contributed by atoms with Gasteiger partial charge in [-0.2, -0.15) is 0 Å². The van der Waals surface area contributed by atoms with Crippen molar-refractivity contribution in [2.24, 2.45) is 5.41 Å². The van der Waals surface area contributed by atoms with Crippen molar-refractivity contribution in [3.63, 3.8) is 0 Å². The van der Waals surface area contributed by atoms with E-state index in [-0.39, 0.29) is 29.2 Å². The molecule has 4 aromatic rings. The molecule has 6 heteroatoms. The van der Waals surface area contributed by atoms with Crippen LogP contribution in [0.15, 0.2) is 66.7 Å². The zero-order valence-electron chi connectivity index (χ0n) is 22.5. The number of benzene rings is 3. The van der Waals surface area contributed by atoms with E-state index >= 15 is 0 Å². The highest BCUT2D eigenvalue weighted by molar-refractivity contribution is 5.74. The molecule has 0 aliphatic rings. The number of phenolic OH excluding ortho intramolecular Hbond substituents is 1. The minimum atomic E-state index is -0.283. The fourth-order valence-electron chi connectivity index (χ4n) is 5.13. The molecule has 0 unspecified atom stereocenters. The third kappa shape index (κ3) is 6.76. The Morgan fingerprint density at radius 1 is 0.892 bits per heavy atom. The molecule has 0 saturated carbocycles. The number of nitrogens with zero attached hydrogens (tertiary/aromatic N) is 3. The van der Waals surface area contributed by atoms with E-state index in [1.165, 1.54) is 4.80 Å². The molecule has 37 heavy (non-hydrogen) atoms. The van der Waals surface area contributed by atoms with Crippen LogP contribution >= 0.6 is 0 Å². The lowest BCUT2D eigenvalue weighted by Crippen LogP contribution is -2.25.